The van der Waals surface area contributed by atoms with Gasteiger partial charge in [-0.3, -0.25) is 24.0 Å². The Morgan fingerprint density at radius 1 is 0.617 bits per heavy atom. The Bertz CT molecular complexity index is 1240. The molecule has 0 amide bonds. The molecule has 0 bridgehead atoms. The second kappa shape index (κ2) is 53.2. The van der Waals surface area contributed by atoms with E-state index in [0.717, 1.165) is 6.42 Å². The first-order valence-corrected chi connectivity index (χ1v) is 19.1. The molecule has 0 radical (unpaired) electrons. The summed E-state index contributed by atoms with van der Waals surface area (Å²) in [5.74, 6) is 4.24. The number of hydrogen-bond acceptors (Lipinski definition) is 15. The number of halogens is 2. The average molecular weight is 951 g/mol. The van der Waals surface area contributed by atoms with Gasteiger partial charge >= 0.3 is 71.3 Å². The predicted octanol–water partition coefficient (Wildman–Crippen LogP) is 1.99. The molecule has 0 saturated carbocycles. The van der Waals surface area contributed by atoms with E-state index in [1.54, 1.807) is 48.5 Å². The molecule has 1 unspecified atom stereocenters. The summed E-state index contributed by atoms with van der Waals surface area (Å²) in [7, 11) is 0. The number of terminal acetylenes is 4. The molecule has 0 aromatic heterocycles. The van der Waals surface area contributed by atoms with Crippen LogP contribution in [0.5, 0.6) is 0 Å². The Hall–Kier alpha value is -3.78. The molecule has 0 aliphatic carbocycles. The fourth-order valence-corrected chi connectivity index (χ4v) is 2.70. The smallest absolute Gasteiger partial charge is 0.870 e. The van der Waals surface area contributed by atoms with Gasteiger partial charge in [0.15, 0.2) is 11.3 Å². The van der Waals surface area contributed by atoms with E-state index in [2.05, 4.69) is 72.4 Å². The van der Waals surface area contributed by atoms with E-state index < -0.39 is 65.1 Å². The Morgan fingerprint density at radius 2 is 0.917 bits per heavy atom. The SMILES string of the molecule is C#CCBr.C#CCC(C)(C(=O)OCC)C(=O)OCC.C#CCC(C)C.C#CCC(C)C(=O)O.CCOC(=O)C(C)C(=O)OCC.CCOC(=O)C(N)C(=O)OCC.Cl.[Na+].[OH-]. The van der Waals surface area contributed by atoms with Crippen molar-refractivity contribution in [1.29, 1.82) is 0 Å². The molecule has 0 aromatic carbocycles. The number of rotatable bonds is 16. The van der Waals surface area contributed by atoms with E-state index in [-0.39, 0.29) is 93.5 Å². The van der Waals surface area contributed by atoms with Crippen molar-refractivity contribution < 1.29 is 102 Å². The molecule has 60 heavy (non-hydrogen) atoms. The maximum absolute atomic E-state index is 11.6. The van der Waals surface area contributed by atoms with Gasteiger partial charge in [0, 0.05) is 19.3 Å². The molecule has 0 heterocycles. The van der Waals surface area contributed by atoms with Crippen molar-refractivity contribution in [2.75, 3.05) is 45.0 Å². The zero-order chi connectivity index (χ0) is 46.0. The van der Waals surface area contributed by atoms with Crippen molar-refractivity contribution in [3.05, 3.63) is 0 Å². The topological polar surface area (TPSA) is 251 Å². The van der Waals surface area contributed by atoms with Crippen molar-refractivity contribution in [2.45, 2.75) is 101 Å². The third-order valence-corrected chi connectivity index (χ3v) is 6.04. The van der Waals surface area contributed by atoms with Crippen LogP contribution >= 0.6 is 28.3 Å². The number of hydrogen-bond donors (Lipinski definition) is 2. The zero-order valence-electron chi connectivity index (χ0n) is 37.3. The molecule has 0 aliphatic rings. The van der Waals surface area contributed by atoms with Crippen LogP contribution in [0.25, 0.3) is 0 Å². The van der Waals surface area contributed by atoms with Crippen molar-refractivity contribution in [2.24, 2.45) is 28.9 Å². The normalized spacial score (nSPS) is 9.20. The Balaban J connectivity index is -0.0000000765. The molecule has 0 fully saturated rings. The number of alkyl halides is 1. The van der Waals surface area contributed by atoms with Crippen molar-refractivity contribution in [3.63, 3.8) is 0 Å². The van der Waals surface area contributed by atoms with Gasteiger partial charge in [0.2, 0.25) is 6.04 Å². The number of carboxylic acid groups (broad SMARTS) is 1. The quantitative estimate of drug-likeness (QED) is 0.0561. The number of carbonyl (C=O) groups excluding carboxylic acids is 6. The van der Waals surface area contributed by atoms with E-state index in [1.165, 1.54) is 13.8 Å². The van der Waals surface area contributed by atoms with Gasteiger partial charge in [0.25, 0.3) is 0 Å². The molecular weight excluding hydrogens is 885 g/mol. The molecule has 340 valence electrons. The molecule has 0 aliphatic heterocycles. The molecular formula is C41H66BrClNNaO15. The van der Waals surface area contributed by atoms with E-state index in [0.29, 0.717) is 17.7 Å². The number of aliphatic carboxylic acids is 1. The fourth-order valence-electron chi connectivity index (χ4n) is 2.70. The van der Waals surface area contributed by atoms with Crippen LogP contribution in [0.15, 0.2) is 0 Å². The van der Waals surface area contributed by atoms with Crippen LogP contribution in [0.3, 0.4) is 0 Å². The summed E-state index contributed by atoms with van der Waals surface area (Å²) in [4.78, 5) is 76.6. The summed E-state index contributed by atoms with van der Waals surface area (Å²) in [5, 5.41) is 8.88. The van der Waals surface area contributed by atoms with Crippen LogP contribution in [-0.4, -0.2) is 103 Å². The molecule has 0 saturated heterocycles. The van der Waals surface area contributed by atoms with Crippen molar-refractivity contribution in [3.8, 4) is 49.4 Å². The predicted molar refractivity (Wildman–Crippen MR) is 229 cm³/mol. The summed E-state index contributed by atoms with van der Waals surface area (Å²) in [6.07, 6.45) is 20.9. The van der Waals surface area contributed by atoms with Crippen molar-refractivity contribution in [1.82, 2.24) is 0 Å². The summed E-state index contributed by atoms with van der Waals surface area (Å²) in [6, 6.07) is -1.31. The average Bonchev–Trinajstić information content (AvgIpc) is 3.16. The monoisotopic (exact) mass is 949 g/mol. The Morgan fingerprint density at radius 3 is 1.10 bits per heavy atom. The minimum Gasteiger partial charge on any atom is -0.870 e. The van der Waals surface area contributed by atoms with Crippen LogP contribution in [-0.2, 0) is 62.0 Å². The van der Waals surface area contributed by atoms with Crippen LogP contribution in [0.4, 0.5) is 0 Å². The first-order chi connectivity index (χ1) is 26.6. The van der Waals surface area contributed by atoms with Crippen LogP contribution < -0.4 is 35.3 Å². The van der Waals surface area contributed by atoms with Crippen LogP contribution in [0.2, 0.25) is 0 Å². The fraction of sp³-hybridized carbons (Fsp3) is 0.634. The molecule has 0 rings (SSSR count). The molecule has 16 nitrogen and oxygen atoms in total. The maximum atomic E-state index is 11.6. The number of esters is 6. The molecule has 0 spiro atoms. The number of nitrogens with two attached hydrogens (primary N) is 1. The van der Waals surface area contributed by atoms with Crippen molar-refractivity contribution >= 4 is 70.1 Å². The zero-order valence-corrected chi connectivity index (χ0v) is 41.7. The molecule has 1 atom stereocenters. The van der Waals surface area contributed by atoms with E-state index >= 15 is 0 Å². The van der Waals surface area contributed by atoms with Gasteiger partial charge in [-0.2, -0.15) is 0 Å². The third kappa shape index (κ3) is 46.9. The van der Waals surface area contributed by atoms with E-state index in [9.17, 15) is 33.6 Å². The summed E-state index contributed by atoms with van der Waals surface area (Å²) < 4.78 is 27.9. The van der Waals surface area contributed by atoms with Gasteiger partial charge < -0.3 is 44.7 Å². The van der Waals surface area contributed by atoms with Gasteiger partial charge in [0.1, 0.15) is 0 Å². The van der Waals surface area contributed by atoms with Gasteiger partial charge in [0.05, 0.1) is 50.9 Å². The minimum atomic E-state index is -1.39. The molecule has 4 N–H and O–H groups in total. The Labute approximate surface area is 394 Å². The largest absolute Gasteiger partial charge is 1.00 e. The number of carboxylic acids is 1. The maximum Gasteiger partial charge on any atom is 1.00 e. The summed E-state index contributed by atoms with van der Waals surface area (Å²) >= 11 is 3.01. The summed E-state index contributed by atoms with van der Waals surface area (Å²) in [5.41, 5.74) is 3.80. The Kier molecular flexibility index (Phi) is 68.2. The van der Waals surface area contributed by atoms with Crippen LogP contribution in [0, 0.1) is 72.5 Å². The number of carbonyl (C=O) groups is 7. The van der Waals surface area contributed by atoms with E-state index in [1.807, 2.05) is 0 Å². The third-order valence-electron chi connectivity index (χ3n) is 5.72. The second-order valence-corrected chi connectivity index (χ2v) is 11.7. The molecule has 0 aromatic rings. The van der Waals surface area contributed by atoms with E-state index in [4.69, 9.17) is 46.0 Å². The second-order valence-electron chi connectivity index (χ2n) is 11.1. The summed E-state index contributed by atoms with van der Waals surface area (Å²) in [6.45, 7) is 20.1. The van der Waals surface area contributed by atoms with Gasteiger partial charge in [-0.15, -0.1) is 55.9 Å². The minimum absolute atomic E-state index is 0. The first-order valence-electron chi connectivity index (χ1n) is 17.9. The van der Waals surface area contributed by atoms with Crippen LogP contribution in [0.1, 0.15) is 95.4 Å². The van der Waals surface area contributed by atoms with Gasteiger partial charge in [-0.1, -0.05) is 42.6 Å². The van der Waals surface area contributed by atoms with Gasteiger partial charge in [-0.25, -0.2) is 9.59 Å². The first kappa shape index (κ1) is 76.9. The molecule has 19 heteroatoms. The standard InChI is InChI=1S/C11H16O4.C8H14O4.C7H13NO4.C6H8O2.C6H10.C3H3Br.ClH.Na.H2O/c1-5-8-11(4,9(12)14-6-2)10(13)15-7-3;1-4-11-7(9)6(3)8(10)12-5-2;1-3-11-6(9)5(8)7(10)12-4-2;1-3-4-5(2)6(7)8;1-4-5-6(2)3;1-2-3-4;;;/h1H,6-8H2,2-4H3;6H,4-5H2,1-3H3;5H,3-4,8H2,1-2H3;1,5H,4H2,2H3,(H,7,8);1,6H,5H2,2-3H3;1H,3H2;1H;;1H2/q;;;;;;;+1;/p-1. The van der Waals surface area contributed by atoms with Gasteiger partial charge in [-0.05, 0) is 61.3 Å². The number of ether oxygens (including phenoxy) is 6.